The fourth-order valence-electron chi connectivity index (χ4n) is 2.72. The van der Waals surface area contributed by atoms with Crippen LogP contribution in [-0.4, -0.2) is 29.9 Å². The number of benzene rings is 2. The van der Waals surface area contributed by atoms with E-state index in [1.54, 1.807) is 30.3 Å². The number of carbonyl (C=O) groups excluding carboxylic acids is 2. The number of halogens is 3. The van der Waals surface area contributed by atoms with Gasteiger partial charge < -0.3 is 10.2 Å². The molecule has 1 unspecified atom stereocenters. The molecule has 5 nitrogen and oxygen atoms in total. The van der Waals surface area contributed by atoms with E-state index in [-0.39, 0.29) is 37.5 Å². The molecule has 1 aliphatic rings. The summed E-state index contributed by atoms with van der Waals surface area (Å²) in [5.41, 5.74) is 1.40. The Morgan fingerprint density at radius 3 is 2.50 bits per heavy atom. The van der Waals surface area contributed by atoms with Crippen LogP contribution < -0.4 is 10.6 Å². The van der Waals surface area contributed by atoms with E-state index in [0.29, 0.717) is 20.8 Å². The minimum absolute atomic E-state index is 0.0674. The summed E-state index contributed by atoms with van der Waals surface area (Å²) in [5, 5.41) is 7.43. The van der Waals surface area contributed by atoms with Crippen molar-refractivity contribution in [1.82, 2.24) is 10.2 Å². The Hall–Kier alpha value is -1.79. The number of rotatable bonds is 4. The Morgan fingerprint density at radius 2 is 1.81 bits per heavy atom. The summed E-state index contributed by atoms with van der Waals surface area (Å²) in [6, 6.07) is 12.1. The lowest BCUT2D eigenvalue weighted by molar-refractivity contribution is -0.138. The minimum atomic E-state index is -0.339. The Bertz CT molecular complexity index is 827. The summed E-state index contributed by atoms with van der Waals surface area (Å²) in [7, 11) is 0. The molecule has 2 N–H and O–H groups in total. The molecule has 0 bridgehead atoms. The highest BCUT2D eigenvalue weighted by Gasteiger charge is 2.27. The van der Waals surface area contributed by atoms with Crippen molar-refractivity contribution in [3.05, 3.63) is 63.1 Å². The third-order valence-corrected chi connectivity index (χ3v) is 4.89. The van der Waals surface area contributed by atoms with Crippen molar-refractivity contribution in [2.24, 2.45) is 0 Å². The van der Waals surface area contributed by atoms with E-state index in [2.05, 4.69) is 10.6 Å². The van der Waals surface area contributed by atoms with E-state index in [1.165, 1.54) is 4.90 Å². The van der Waals surface area contributed by atoms with Gasteiger partial charge in [0, 0.05) is 22.5 Å². The van der Waals surface area contributed by atoms with Crippen LogP contribution in [0.25, 0.3) is 0 Å². The van der Waals surface area contributed by atoms with Gasteiger partial charge in [-0.15, -0.1) is 0 Å². The van der Waals surface area contributed by atoms with Gasteiger partial charge in [0.1, 0.15) is 6.54 Å². The largest absolute Gasteiger partial charge is 0.323 e. The molecule has 3 rings (SSSR count). The average molecular weight is 413 g/mol. The molecule has 1 atom stereocenters. The quantitative estimate of drug-likeness (QED) is 0.794. The van der Waals surface area contributed by atoms with Crippen LogP contribution in [0, 0.1) is 0 Å². The lowest BCUT2D eigenvalue weighted by Crippen LogP contribution is -2.49. The van der Waals surface area contributed by atoms with Gasteiger partial charge in [0.15, 0.2) is 0 Å². The zero-order valence-corrected chi connectivity index (χ0v) is 15.9. The van der Waals surface area contributed by atoms with Gasteiger partial charge in [0.2, 0.25) is 11.8 Å². The van der Waals surface area contributed by atoms with E-state index in [0.717, 1.165) is 5.56 Å². The van der Waals surface area contributed by atoms with Crippen molar-refractivity contribution < 1.29 is 9.59 Å². The first-order valence-corrected chi connectivity index (χ1v) is 9.07. The molecule has 1 fully saturated rings. The summed E-state index contributed by atoms with van der Waals surface area (Å²) in [4.78, 5) is 26.1. The van der Waals surface area contributed by atoms with Gasteiger partial charge in [0.25, 0.3) is 0 Å². The second kappa shape index (κ2) is 8.27. The molecule has 0 spiro atoms. The zero-order valence-electron chi connectivity index (χ0n) is 13.6. The van der Waals surface area contributed by atoms with Gasteiger partial charge in [-0.2, -0.15) is 0 Å². The Kier molecular flexibility index (Phi) is 6.04. The number of nitrogens with zero attached hydrogens (tertiary/aromatic N) is 1. The molecule has 1 aliphatic heterocycles. The molecule has 8 heteroatoms. The van der Waals surface area contributed by atoms with E-state index >= 15 is 0 Å². The minimum Gasteiger partial charge on any atom is -0.323 e. The van der Waals surface area contributed by atoms with Crippen LogP contribution in [0.1, 0.15) is 18.0 Å². The highest BCUT2D eigenvalue weighted by Crippen LogP contribution is 2.26. The second-order valence-corrected chi connectivity index (χ2v) is 7.21. The topological polar surface area (TPSA) is 61.4 Å². The summed E-state index contributed by atoms with van der Waals surface area (Å²) >= 11 is 17.8. The molecule has 0 aliphatic carbocycles. The van der Waals surface area contributed by atoms with Crippen LogP contribution in [0.5, 0.6) is 0 Å². The normalized spacial score (nSPS) is 17.3. The van der Waals surface area contributed by atoms with E-state index in [1.807, 2.05) is 12.1 Å². The number of hydrogen-bond donors (Lipinski definition) is 2. The lowest BCUT2D eigenvalue weighted by Gasteiger charge is -2.32. The molecule has 2 aromatic rings. The Morgan fingerprint density at radius 1 is 1.12 bits per heavy atom. The van der Waals surface area contributed by atoms with Crippen LogP contribution in [0.15, 0.2) is 42.5 Å². The molecule has 136 valence electrons. The van der Waals surface area contributed by atoms with Crippen molar-refractivity contribution in [3.8, 4) is 0 Å². The van der Waals surface area contributed by atoms with Crippen molar-refractivity contribution in [2.75, 3.05) is 18.5 Å². The Labute approximate surface area is 166 Å². The fourth-order valence-corrected chi connectivity index (χ4v) is 3.18. The van der Waals surface area contributed by atoms with Crippen molar-refractivity contribution in [3.63, 3.8) is 0 Å². The van der Waals surface area contributed by atoms with Gasteiger partial charge in [-0.3, -0.25) is 14.9 Å². The predicted molar refractivity (Wildman–Crippen MR) is 104 cm³/mol. The maximum Gasteiger partial charge on any atom is 0.244 e. The van der Waals surface area contributed by atoms with Crippen LogP contribution in [-0.2, 0) is 9.59 Å². The first-order chi connectivity index (χ1) is 12.4. The van der Waals surface area contributed by atoms with E-state index in [9.17, 15) is 9.59 Å². The first-order valence-electron chi connectivity index (χ1n) is 7.94. The summed E-state index contributed by atoms with van der Waals surface area (Å²) < 4.78 is 0. The van der Waals surface area contributed by atoms with E-state index < -0.39 is 0 Å². The van der Waals surface area contributed by atoms with Gasteiger partial charge in [-0.25, -0.2) is 0 Å². The van der Waals surface area contributed by atoms with Crippen molar-refractivity contribution in [1.29, 1.82) is 0 Å². The van der Waals surface area contributed by atoms with E-state index in [4.69, 9.17) is 34.8 Å². The highest BCUT2D eigenvalue weighted by atomic mass is 35.5. The maximum absolute atomic E-state index is 12.4. The lowest BCUT2D eigenvalue weighted by atomic mass is 10.0. The van der Waals surface area contributed by atoms with Crippen LogP contribution in [0.2, 0.25) is 15.1 Å². The molecule has 0 saturated carbocycles. The number of amides is 2. The molecule has 26 heavy (non-hydrogen) atoms. The third-order valence-electron chi connectivity index (χ3n) is 4.07. The number of hydrogen-bond acceptors (Lipinski definition) is 3. The fraction of sp³-hybridized carbons (Fsp3) is 0.222. The summed E-state index contributed by atoms with van der Waals surface area (Å²) in [6.45, 7) is 0.213. The Balaban J connectivity index is 1.58. The van der Waals surface area contributed by atoms with Crippen molar-refractivity contribution in [2.45, 2.75) is 12.5 Å². The molecule has 0 aromatic heterocycles. The first kappa shape index (κ1) is 19.0. The van der Waals surface area contributed by atoms with Gasteiger partial charge in [0.05, 0.1) is 17.4 Å². The molecule has 0 radical (unpaired) electrons. The zero-order chi connectivity index (χ0) is 18.7. The SMILES string of the molecule is O=C(CN1CNC(c2ccc(Cl)cc2)CC1=O)Nc1cc(Cl)ccc1Cl. The molecule has 1 heterocycles. The molecule has 2 amide bonds. The van der Waals surface area contributed by atoms with Crippen LogP contribution in [0.4, 0.5) is 5.69 Å². The molecule has 2 aromatic carbocycles. The van der Waals surface area contributed by atoms with Crippen LogP contribution in [0.3, 0.4) is 0 Å². The van der Waals surface area contributed by atoms with Crippen molar-refractivity contribution >= 4 is 52.3 Å². The third kappa shape index (κ3) is 4.68. The average Bonchev–Trinajstić information content (AvgIpc) is 2.60. The van der Waals surface area contributed by atoms with Gasteiger partial charge in [-0.05, 0) is 35.9 Å². The second-order valence-electron chi connectivity index (χ2n) is 5.93. The van der Waals surface area contributed by atoms with Gasteiger partial charge >= 0.3 is 0 Å². The smallest absolute Gasteiger partial charge is 0.244 e. The number of carbonyl (C=O) groups is 2. The molecular formula is C18H16Cl3N3O2. The number of anilines is 1. The van der Waals surface area contributed by atoms with Crippen LogP contribution >= 0.6 is 34.8 Å². The summed E-state index contributed by atoms with van der Waals surface area (Å²) in [5.74, 6) is -0.440. The monoisotopic (exact) mass is 411 g/mol. The predicted octanol–water partition coefficient (Wildman–Crippen LogP) is 4.11. The standard InChI is InChI=1S/C18H16Cl3N3O2/c19-12-3-1-11(2-4-12)15-8-18(26)24(10-22-15)9-17(25)23-16-7-13(20)5-6-14(16)21/h1-7,15,22H,8-10H2,(H,23,25). The molecule has 1 saturated heterocycles. The molecular weight excluding hydrogens is 397 g/mol. The van der Waals surface area contributed by atoms with Gasteiger partial charge in [-0.1, -0.05) is 46.9 Å². The highest BCUT2D eigenvalue weighted by molar-refractivity contribution is 6.35. The maximum atomic E-state index is 12.4. The number of nitrogens with one attached hydrogen (secondary N) is 2. The summed E-state index contributed by atoms with van der Waals surface area (Å²) in [6.07, 6.45) is 0.271.